The van der Waals surface area contributed by atoms with Crippen molar-refractivity contribution in [3.8, 4) is 0 Å². The molecule has 2 aliphatic heterocycles. The second kappa shape index (κ2) is 6.43. The third-order valence-electron chi connectivity index (χ3n) is 4.80. The van der Waals surface area contributed by atoms with Crippen LogP contribution in [0.25, 0.3) is 0 Å². The van der Waals surface area contributed by atoms with Crippen LogP contribution in [0.5, 0.6) is 0 Å². The number of ether oxygens (including phenoxy) is 1. The molecule has 4 heterocycles. The van der Waals surface area contributed by atoms with Crippen molar-refractivity contribution in [3.05, 3.63) is 53.7 Å². The van der Waals surface area contributed by atoms with Crippen LogP contribution in [0.15, 0.2) is 41.1 Å². The molecular weight excluding hydrogens is 290 g/mol. The molecule has 0 N–H and O–H groups in total. The Morgan fingerprint density at radius 3 is 2.78 bits per heavy atom. The zero-order chi connectivity index (χ0) is 15.6. The highest BCUT2D eigenvalue weighted by molar-refractivity contribution is 5.11. The van der Waals surface area contributed by atoms with Crippen LogP contribution >= 0.6 is 0 Å². The molecular formula is C18H23N3O2. The molecule has 2 aromatic rings. The summed E-state index contributed by atoms with van der Waals surface area (Å²) in [4.78, 5) is 9.09. The molecule has 2 atom stereocenters. The van der Waals surface area contributed by atoms with Crippen LogP contribution in [0, 0.1) is 6.92 Å². The number of fused-ring (bicyclic) bond motifs is 1. The molecule has 0 aliphatic carbocycles. The van der Waals surface area contributed by atoms with E-state index < -0.39 is 0 Å². The Morgan fingerprint density at radius 1 is 1.13 bits per heavy atom. The Labute approximate surface area is 136 Å². The number of morpholine rings is 1. The van der Waals surface area contributed by atoms with Gasteiger partial charge in [0.05, 0.1) is 25.3 Å². The Bertz CT molecular complexity index is 643. The van der Waals surface area contributed by atoms with Crippen LogP contribution < -0.4 is 0 Å². The third kappa shape index (κ3) is 3.32. The number of nitrogens with zero attached hydrogens (tertiary/aromatic N) is 3. The highest BCUT2D eigenvalue weighted by atomic mass is 16.5. The molecule has 2 aromatic heterocycles. The maximum absolute atomic E-state index is 6.02. The number of rotatable bonds is 4. The lowest BCUT2D eigenvalue weighted by atomic mass is 10.1. The number of hydrogen-bond donors (Lipinski definition) is 0. The molecule has 122 valence electrons. The first-order chi connectivity index (χ1) is 11.3. The van der Waals surface area contributed by atoms with Crippen LogP contribution in [0.1, 0.15) is 17.1 Å². The molecule has 0 unspecified atom stereocenters. The van der Waals surface area contributed by atoms with E-state index in [4.69, 9.17) is 9.15 Å². The summed E-state index contributed by atoms with van der Waals surface area (Å²) in [6.07, 6.45) is 4.03. The van der Waals surface area contributed by atoms with Crippen molar-refractivity contribution in [2.75, 3.05) is 26.2 Å². The van der Waals surface area contributed by atoms with Gasteiger partial charge in [-0.2, -0.15) is 0 Å². The van der Waals surface area contributed by atoms with E-state index in [0.29, 0.717) is 12.1 Å². The number of aryl methyl sites for hydroxylation is 1. The van der Waals surface area contributed by atoms with Gasteiger partial charge in [-0.25, -0.2) is 0 Å². The molecule has 0 bridgehead atoms. The van der Waals surface area contributed by atoms with Crippen molar-refractivity contribution >= 4 is 0 Å². The van der Waals surface area contributed by atoms with Crippen LogP contribution in [0.3, 0.4) is 0 Å². The Kier molecular flexibility index (Phi) is 4.16. The van der Waals surface area contributed by atoms with E-state index in [0.717, 1.165) is 50.9 Å². The minimum absolute atomic E-state index is 0.307. The summed E-state index contributed by atoms with van der Waals surface area (Å²) in [5.41, 5.74) is 1.31. The van der Waals surface area contributed by atoms with E-state index in [9.17, 15) is 0 Å². The van der Waals surface area contributed by atoms with Gasteiger partial charge in [-0.1, -0.05) is 0 Å². The van der Waals surface area contributed by atoms with Crippen molar-refractivity contribution in [3.63, 3.8) is 0 Å². The summed E-state index contributed by atoms with van der Waals surface area (Å²) in [5, 5.41) is 0. The predicted molar refractivity (Wildman–Crippen MR) is 86.9 cm³/mol. The summed E-state index contributed by atoms with van der Waals surface area (Å²) < 4.78 is 11.8. The van der Waals surface area contributed by atoms with Crippen molar-refractivity contribution < 1.29 is 9.15 Å². The fourth-order valence-corrected chi connectivity index (χ4v) is 3.68. The van der Waals surface area contributed by atoms with E-state index in [1.807, 2.05) is 25.4 Å². The van der Waals surface area contributed by atoms with Gasteiger partial charge in [-0.3, -0.25) is 14.8 Å². The van der Waals surface area contributed by atoms with Crippen molar-refractivity contribution in [2.45, 2.75) is 32.2 Å². The first kappa shape index (κ1) is 14.9. The van der Waals surface area contributed by atoms with Crippen molar-refractivity contribution in [2.24, 2.45) is 0 Å². The lowest BCUT2D eigenvalue weighted by molar-refractivity contribution is -0.0523. The molecule has 0 aromatic carbocycles. The maximum atomic E-state index is 6.02. The molecule has 5 nitrogen and oxygen atoms in total. The first-order valence-electron chi connectivity index (χ1n) is 8.30. The van der Waals surface area contributed by atoms with Crippen LogP contribution in [-0.4, -0.2) is 53.2 Å². The van der Waals surface area contributed by atoms with Crippen LogP contribution in [0.4, 0.5) is 0 Å². The molecule has 2 saturated heterocycles. The van der Waals surface area contributed by atoms with Crippen LogP contribution in [-0.2, 0) is 17.8 Å². The fourth-order valence-electron chi connectivity index (χ4n) is 3.68. The van der Waals surface area contributed by atoms with Gasteiger partial charge in [0, 0.05) is 38.6 Å². The van der Waals surface area contributed by atoms with Gasteiger partial charge in [0.25, 0.3) is 0 Å². The SMILES string of the molecule is Cc1ccc(CN2CCO[C@@H]3CN(Cc4ccncc4)C[C@@H]32)o1. The second-order valence-electron chi connectivity index (χ2n) is 6.51. The summed E-state index contributed by atoms with van der Waals surface area (Å²) >= 11 is 0. The van der Waals surface area contributed by atoms with Crippen molar-refractivity contribution in [1.82, 2.24) is 14.8 Å². The summed E-state index contributed by atoms with van der Waals surface area (Å²) in [7, 11) is 0. The minimum Gasteiger partial charge on any atom is -0.465 e. The molecule has 0 amide bonds. The van der Waals surface area contributed by atoms with Crippen LogP contribution in [0.2, 0.25) is 0 Å². The predicted octanol–water partition coefficient (Wildman–Crippen LogP) is 2.07. The van der Waals surface area contributed by atoms with Gasteiger partial charge in [-0.05, 0) is 36.8 Å². The molecule has 0 saturated carbocycles. The van der Waals surface area contributed by atoms with Gasteiger partial charge in [-0.15, -0.1) is 0 Å². The Morgan fingerprint density at radius 2 is 2.00 bits per heavy atom. The van der Waals surface area contributed by atoms with Gasteiger partial charge >= 0.3 is 0 Å². The van der Waals surface area contributed by atoms with E-state index in [-0.39, 0.29) is 0 Å². The standard InChI is InChI=1S/C18H23N3O2/c1-14-2-3-16(23-14)11-21-8-9-22-18-13-20(12-17(18)21)10-15-4-6-19-7-5-15/h2-7,17-18H,8-13H2,1H3/t17-,18+/m0/s1. The number of aromatic nitrogens is 1. The lowest BCUT2D eigenvalue weighted by Gasteiger charge is -2.36. The summed E-state index contributed by atoms with van der Waals surface area (Å²) in [6, 6.07) is 8.76. The highest BCUT2D eigenvalue weighted by Crippen LogP contribution is 2.26. The normalized spacial score (nSPS) is 25.6. The van der Waals surface area contributed by atoms with Gasteiger partial charge < -0.3 is 9.15 Å². The molecule has 4 rings (SSSR count). The van der Waals surface area contributed by atoms with Gasteiger partial charge in [0.1, 0.15) is 11.5 Å². The molecule has 0 radical (unpaired) electrons. The number of hydrogen-bond acceptors (Lipinski definition) is 5. The lowest BCUT2D eigenvalue weighted by Crippen LogP contribution is -2.50. The Balaban J connectivity index is 1.42. The average molecular weight is 313 g/mol. The molecule has 0 spiro atoms. The zero-order valence-corrected chi connectivity index (χ0v) is 13.5. The number of likely N-dealkylation sites (tertiary alicyclic amines) is 1. The van der Waals surface area contributed by atoms with Crippen molar-refractivity contribution in [1.29, 1.82) is 0 Å². The monoisotopic (exact) mass is 313 g/mol. The second-order valence-corrected chi connectivity index (χ2v) is 6.51. The summed E-state index contributed by atoms with van der Waals surface area (Å²) in [5.74, 6) is 2.03. The largest absolute Gasteiger partial charge is 0.465 e. The minimum atomic E-state index is 0.307. The quantitative estimate of drug-likeness (QED) is 0.864. The van der Waals surface area contributed by atoms with E-state index in [1.165, 1.54) is 5.56 Å². The topological polar surface area (TPSA) is 41.7 Å². The molecule has 2 fully saturated rings. The molecule has 5 heteroatoms. The van der Waals surface area contributed by atoms with Gasteiger partial charge in [0.2, 0.25) is 0 Å². The molecule has 23 heavy (non-hydrogen) atoms. The molecule has 2 aliphatic rings. The number of furan rings is 1. The smallest absolute Gasteiger partial charge is 0.118 e. The summed E-state index contributed by atoms with van der Waals surface area (Å²) in [6.45, 7) is 7.67. The highest BCUT2D eigenvalue weighted by Gasteiger charge is 2.40. The number of pyridine rings is 1. The zero-order valence-electron chi connectivity index (χ0n) is 13.5. The maximum Gasteiger partial charge on any atom is 0.118 e. The average Bonchev–Trinajstić information content (AvgIpc) is 3.15. The van der Waals surface area contributed by atoms with E-state index in [2.05, 4.69) is 33.0 Å². The Hall–Kier alpha value is -1.69. The third-order valence-corrected chi connectivity index (χ3v) is 4.80. The fraction of sp³-hybridized carbons (Fsp3) is 0.500. The van der Waals surface area contributed by atoms with E-state index in [1.54, 1.807) is 0 Å². The first-order valence-corrected chi connectivity index (χ1v) is 8.30. The van der Waals surface area contributed by atoms with E-state index >= 15 is 0 Å². The van der Waals surface area contributed by atoms with Gasteiger partial charge in [0.15, 0.2) is 0 Å².